The molecule has 0 amide bonds. The average Bonchev–Trinajstić information content (AvgIpc) is 2.80. The van der Waals surface area contributed by atoms with E-state index in [9.17, 15) is 13.6 Å². The zero-order valence-electron chi connectivity index (χ0n) is 7.16. The van der Waals surface area contributed by atoms with Crippen LogP contribution in [0.25, 0.3) is 0 Å². The van der Waals surface area contributed by atoms with Gasteiger partial charge in [-0.1, -0.05) is 5.04 Å². The molecule has 1 N–H and O–H groups in total. The molecule has 1 aliphatic carbocycles. The fraction of sp³-hybridized carbons (Fsp3) is 0.833. The van der Waals surface area contributed by atoms with Gasteiger partial charge in [0.05, 0.1) is 0 Å². The molecule has 82 valence electrons. The monoisotopic (exact) mass is 230 g/mol. The van der Waals surface area contributed by atoms with Gasteiger partial charge in [0, 0.05) is 0 Å². The van der Waals surface area contributed by atoms with Gasteiger partial charge in [0.1, 0.15) is 17.6 Å². The highest BCUT2D eigenvalue weighted by Gasteiger charge is 2.50. The highest BCUT2D eigenvalue weighted by molar-refractivity contribution is 7.96. The van der Waals surface area contributed by atoms with Gasteiger partial charge in [0.2, 0.25) is 0 Å². The Morgan fingerprint density at radius 2 is 2.14 bits per heavy atom. The molecule has 0 atom stereocenters. The number of esters is 1. The van der Waals surface area contributed by atoms with Crippen molar-refractivity contribution in [3.05, 3.63) is 0 Å². The topological polar surface area (TPSA) is 65.0 Å². The van der Waals surface area contributed by atoms with Gasteiger partial charge in [-0.05, 0) is 19.8 Å². The number of carbonyl (C=O) groups is 1. The second kappa shape index (κ2) is 3.97. The van der Waals surface area contributed by atoms with E-state index >= 15 is 0 Å². The third-order valence-electron chi connectivity index (χ3n) is 1.70. The summed E-state index contributed by atoms with van der Waals surface area (Å²) in [5.74, 6) is -1.71. The van der Waals surface area contributed by atoms with Crippen molar-refractivity contribution in [1.82, 2.24) is 0 Å². The first-order valence-electron chi connectivity index (χ1n) is 3.67. The van der Waals surface area contributed by atoms with E-state index < -0.39 is 28.9 Å². The lowest BCUT2D eigenvalue weighted by atomic mass is 10.4. The zero-order valence-corrected chi connectivity index (χ0v) is 7.98. The molecule has 1 saturated carbocycles. The Morgan fingerprint density at radius 1 is 1.57 bits per heavy atom. The Bertz CT molecular complexity index is 230. The van der Waals surface area contributed by atoms with Crippen LogP contribution in [0.4, 0.5) is 8.78 Å². The summed E-state index contributed by atoms with van der Waals surface area (Å²) in [5, 5.41) is 6.68. The minimum atomic E-state index is -3.89. The Hall–Kier alpha value is -0.440. The lowest BCUT2D eigenvalue weighted by Gasteiger charge is -2.15. The third-order valence-corrected chi connectivity index (χ3v) is 2.20. The number of alkyl halides is 2. The Morgan fingerprint density at radius 3 is 2.57 bits per heavy atom. The van der Waals surface area contributed by atoms with Crippen LogP contribution >= 0.6 is 12.0 Å². The molecule has 0 bridgehead atoms. The first-order valence-corrected chi connectivity index (χ1v) is 4.41. The van der Waals surface area contributed by atoms with Crippen molar-refractivity contribution in [3.63, 3.8) is 0 Å². The smallest absolute Gasteiger partial charge is 0.415 e. The lowest BCUT2D eigenvalue weighted by molar-refractivity contribution is -0.433. The third kappa shape index (κ3) is 3.05. The number of hydrogen-bond acceptors (Lipinski definition) is 6. The predicted octanol–water partition coefficient (Wildman–Crippen LogP) is 1.74. The standard InChI is InChI=1S/C6H8F2O5S/c1-5(2-3-5)11-4(9)6(7,8)14-13-12-10/h10H,2-3H2,1H3. The summed E-state index contributed by atoms with van der Waals surface area (Å²) in [6, 6.07) is 0. The lowest BCUT2D eigenvalue weighted by Crippen LogP contribution is -2.31. The molecule has 0 aliphatic heterocycles. The Labute approximate surface area is 82.4 Å². The molecule has 5 nitrogen and oxygen atoms in total. The summed E-state index contributed by atoms with van der Waals surface area (Å²) in [6.07, 6.45) is 1.13. The Kier molecular flexibility index (Phi) is 3.30. The SMILES string of the molecule is CC1(OC(=O)C(F)(F)SOOO)CC1. The number of rotatable bonds is 5. The first-order chi connectivity index (χ1) is 6.40. The summed E-state index contributed by atoms with van der Waals surface area (Å²) in [7, 11) is 0. The fourth-order valence-electron chi connectivity index (χ4n) is 0.653. The van der Waals surface area contributed by atoms with Crippen LogP contribution in [0.15, 0.2) is 0 Å². The minimum absolute atomic E-state index is 0.566. The summed E-state index contributed by atoms with van der Waals surface area (Å²) < 4.78 is 33.4. The molecule has 14 heavy (non-hydrogen) atoms. The maximum atomic E-state index is 12.7. The van der Waals surface area contributed by atoms with E-state index in [2.05, 4.69) is 14.1 Å². The molecule has 0 unspecified atom stereocenters. The van der Waals surface area contributed by atoms with Crippen molar-refractivity contribution in [3.8, 4) is 0 Å². The highest BCUT2D eigenvalue weighted by atomic mass is 32.2. The van der Waals surface area contributed by atoms with E-state index in [0.29, 0.717) is 12.8 Å². The largest absolute Gasteiger partial charge is 0.454 e. The molecule has 1 rings (SSSR count). The summed E-state index contributed by atoms with van der Waals surface area (Å²) in [5.41, 5.74) is -0.777. The van der Waals surface area contributed by atoms with Crippen molar-refractivity contribution in [2.45, 2.75) is 30.6 Å². The van der Waals surface area contributed by atoms with Crippen molar-refractivity contribution >= 4 is 18.0 Å². The molecule has 0 aromatic carbocycles. The summed E-state index contributed by atoms with van der Waals surface area (Å²) >= 11 is -0.625. The normalized spacial score (nSPS) is 19.1. The Balaban J connectivity index is 2.40. The molecule has 0 aromatic heterocycles. The van der Waals surface area contributed by atoms with Gasteiger partial charge < -0.3 is 4.74 Å². The van der Waals surface area contributed by atoms with Crippen LogP contribution in [0, 0.1) is 0 Å². The molecule has 1 aliphatic rings. The molecule has 8 heteroatoms. The summed E-state index contributed by atoms with van der Waals surface area (Å²) in [6.45, 7) is 1.55. The summed E-state index contributed by atoms with van der Waals surface area (Å²) in [4.78, 5) is 10.8. The number of ether oxygens (including phenoxy) is 1. The molecule has 0 saturated heterocycles. The van der Waals surface area contributed by atoms with Crippen molar-refractivity contribution in [2.24, 2.45) is 0 Å². The highest BCUT2D eigenvalue weighted by Crippen LogP contribution is 2.42. The second-order valence-electron chi connectivity index (χ2n) is 3.08. The molecule has 0 aromatic rings. The number of carbonyl (C=O) groups excluding carboxylic acids is 1. The van der Waals surface area contributed by atoms with Crippen LogP contribution in [0.1, 0.15) is 19.8 Å². The van der Waals surface area contributed by atoms with Crippen LogP contribution in [-0.2, 0) is 18.9 Å². The van der Waals surface area contributed by atoms with Gasteiger partial charge in [-0.25, -0.2) is 10.1 Å². The van der Waals surface area contributed by atoms with Crippen molar-refractivity contribution in [2.75, 3.05) is 0 Å². The van der Waals surface area contributed by atoms with Gasteiger partial charge in [-0.3, -0.25) is 0 Å². The second-order valence-corrected chi connectivity index (χ2v) is 3.90. The van der Waals surface area contributed by atoms with E-state index in [1.165, 1.54) is 0 Å². The maximum Gasteiger partial charge on any atom is 0.415 e. The average molecular weight is 230 g/mol. The zero-order chi connectivity index (χ0) is 10.8. The van der Waals surface area contributed by atoms with Gasteiger partial charge in [0.15, 0.2) is 0 Å². The minimum Gasteiger partial charge on any atom is -0.454 e. The van der Waals surface area contributed by atoms with Crippen molar-refractivity contribution in [1.29, 1.82) is 0 Å². The molecule has 0 spiro atoms. The number of halogens is 2. The van der Waals surface area contributed by atoms with Gasteiger partial charge in [0.25, 0.3) is 0 Å². The van der Waals surface area contributed by atoms with E-state index in [1.54, 1.807) is 6.92 Å². The first kappa shape index (κ1) is 11.6. The van der Waals surface area contributed by atoms with E-state index in [1.807, 2.05) is 0 Å². The molecular weight excluding hydrogens is 222 g/mol. The van der Waals surface area contributed by atoms with Crippen molar-refractivity contribution < 1.29 is 32.9 Å². The number of hydrogen-bond donors (Lipinski definition) is 1. The molecular formula is C6H8F2O5S. The molecule has 0 radical (unpaired) electrons. The van der Waals surface area contributed by atoms with E-state index in [-0.39, 0.29) is 0 Å². The van der Waals surface area contributed by atoms with Gasteiger partial charge in [-0.2, -0.15) is 8.78 Å². The van der Waals surface area contributed by atoms with Crippen LogP contribution in [0.5, 0.6) is 0 Å². The van der Waals surface area contributed by atoms with Crippen LogP contribution in [-0.4, -0.2) is 22.1 Å². The van der Waals surface area contributed by atoms with E-state index in [4.69, 9.17) is 5.26 Å². The fourth-order valence-corrected chi connectivity index (χ4v) is 0.879. The van der Waals surface area contributed by atoms with E-state index in [0.717, 1.165) is 0 Å². The quantitative estimate of drug-likeness (QED) is 0.336. The van der Waals surface area contributed by atoms with Crippen LogP contribution < -0.4 is 0 Å². The van der Waals surface area contributed by atoms with Gasteiger partial charge in [-0.15, -0.1) is 4.33 Å². The predicted molar refractivity (Wildman–Crippen MR) is 41.1 cm³/mol. The molecule has 1 fully saturated rings. The van der Waals surface area contributed by atoms with Crippen LogP contribution in [0.2, 0.25) is 0 Å². The maximum absolute atomic E-state index is 12.7. The molecule has 0 heterocycles. The van der Waals surface area contributed by atoms with Gasteiger partial charge >= 0.3 is 11.2 Å². The van der Waals surface area contributed by atoms with Crippen LogP contribution in [0.3, 0.4) is 0 Å².